The number of aromatic nitrogens is 5. The lowest BCUT2D eigenvalue weighted by Crippen LogP contribution is -2.18. The number of hydrogen-bond donors (Lipinski definition) is 1. The number of fused-ring (bicyclic) bond motifs is 1. The maximum Gasteiger partial charge on any atom is 0.257 e. The van der Waals surface area contributed by atoms with Gasteiger partial charge < -0.3 is 10.2 Å². The first kappa shape index (κ1) is 20.3. The fourth-order valence-electron chi connectivity index (χ4n) is 4.24. The van der Waals surface area contributed by atoms with Crippen molar-refractivity contribution in [3.8, 4) is 11.4 Å². The van der Waals surface area contributed by atoms with E-state index in [0.717, 1.165) is 36.1 Å². The van der Waals surface area contributed by atoms with Crippen LogP contribution in [-0.4, -0.2) is 48.8 Å². The Morgan fingerprint density at radius 1 is 1.22 bits per heavy atom. The van der Waals surface area contributed by atoms with E-state index < -0.39 is 0 Å². The van der Waals surface area contributed by atoms with E-state index in [1.54, 1.807) is 19.0 Å². The van der Waals surface area contributed by atoms with Gasteiger partial charge in [-0.1, -0.05) is 19.1 Å². The van der Waals surface area contributed by atoms with Gasteiger partial charge in [-0.25, -0.2) is 0 Å². The number of tetrazole rings is 1. The summed E-state index contributed by atoms with van der Waals surface area (Å²) < 4.78 is 0. The summed E-state index contributed by atoms with van der Waals surface area (Å²) in [4.78, 5) is 33.0. The molecule has 5 rings (SSSR count). The zero-order chi connectivity index (χ0) is 22.4. The highest BCUT2D eigenvalue weighted by molar-refractivity contribution is 6.03. The van der Waals surface area contributed by atoms with E-state index in [-0.39, 0.29) is 17.6 Å². The van der Waals surface area contributed by atoms with Crippen LogP contribution in [0.1, 0.15) is 47.1 Å². The van der Waals surface area contributed by atoms with Crippen LogP contribution in [0.3, 0.4) is 0 Å². The van der Waals surface area contributed by atoms with Crippen LogP contribution >= 0.6 is 0 Å². The van der Waals surface area contributed by atoms with Crippen LogP contribution in [0.4, 0.5) is 11.4 Å². The third-order valence-electron chi connectivity index (χ3n) is 6.03. The molecule has 2 aliphatic rings. The van der Waals surface area contributed by atoms with E-state index >= 15 is 0 Å². The van der Waals surface area contributed by atoms with Crippen molar-refractivity contribution in [2.45, 2.75) is 39.2 Å². The summed E-state index contributed by atoms with van der Waals surface area (Å²) in [5, 5.41) is 15.9. The molecule has 1 saturated carbocycles. The van der Waals surface area contributed by atoms with Crippen molar-refractivity contribution in [1.29, 1.82) is 0 Å². The first-order chi connectivity index (χ1) is 15.4. The number of Topliss-reactive ketones (excluding diaryl/α,β-unsaturated/α-hetero) is 1. The molecule has 0 radical (unpaired) electrons. The SMILES string of the molecule is CCc1c(Nc2cc(CC(=O)C3CC3)nc3c2C(=O)N(C)C3)cccc1-c1nnn(C)n1. The Bertz CT molecular complexity index is 1230. The molecule has 1 aliphatic carbocycles. The number of nitrogens with one attached hydrogen (secondary N) is 1. The molecule has 1 aromatic carbocycles. The fourth-order valence-corrected chi connectivity index (χ4v) is 4.24. The summed E-state index contributed by atoms with van der Waals surface area (Å²) >= 11 is 0. The van der Waals surface area contributed by atoms with E-state index in [1.807, 2.05) is 24.3 Å². The summed E-state index contributed by atoms with van der Waals surface area (Å²) in [6, 6.07) is 7.73. The zero-order valence-electron chi connectivity index (χ0n) is 18.4. The minimum Gasteiger partial charge on any atom is -0.355 e. The van der Waals surface area contributed by atoms with Gasteiger partial charge in [0.05, 0.1) is 36.2 Å². The Morgan fingerprint density at radius 3 is 2.72 bits per heavy atom. The van der Waals surface area contributed by atoms with Crippen molar-refractivity contribution < 1.29 is 9.59 Å². The van der Waals surface area contributed by atoms with E-state index in [1.165, 1.54) is 4.80 Å². The van der Waals surface area contributed by atoms with Gasteiger partial charge in [0.2, 0.25) is 5.82 Å². The van der Waals surface area contributed by atoms with E-state index in [0.29, 0.717) is 41.4 Å². The first-order valence-electron chi connectivity index (χ1n) is 10.9. The van der Waals surface area contributed by atoms with Crippen molar-refractivity contribution in [3.63, 3.8) is 0 Å². The quantitative estimate of drug-likeness (QED) is 0.613. The topological polar surface area (TPSA) is 106 Å². The second-order valence-corrected chi connectivity index (χ2v) is 8.47. The van der Waals surface area contributed by atoms with Gasteiger partial charge in [-0.15, -0.1) is 10.2 Å². The molecule has 1 amide bonds. The Morgan fingerprint density at radius 2 is 2.03 bits per heavy atom. The largest absolute Gasteiger partial charge is 0.355 e. The molecule has 1 aliphatic heterocycles. The molecule has 0 atom stereocenters. The Labute approximate surface area is 185 Å². The van der Waals surface area contributed by atoms with Crippen molar-refractivity contribution in [2.75, 3.05) is 12.4 Å². The third kappa shape index (κ3) is 3.63. The number of aryl methyl sites for hydroxylation is 1. The van der Waals surface area contributed by atoms with Gasteiger partial charge in [-0.2, -0.15) is 4.80 Å². The molecule has 164 valence electrons. The van der Waals surface area contributed by atoms with Gasteiger partial charge in [0, 0.05) is 30.6 Å². The van der Waals surface area contributed by atoms with Gasteiger partial charge >= 0.3 is 0 Å². The molecule has 32 heavy (non-hydrogen) atoms. The number of amides is 1. The van der Waals surface area contributed by atoms with Gasteiger partial charge in [0.25, 0.3) is 5.91 Å². The first-order valence-corrected chi connectivity index (χ1v) is 10.9. The standard InChI is InChI=1S/C23H25N7O2/c1-4-15-16(22-26-28-30(3)27-22)6-5-7-17(15)25-18-10-14(11-20(31)13-8-9-13)24-19-12-29(2)23(32)21(18)19/h5-7,10,13H,4,8-9,11-12H2,1-3H3,(H,24,25). The van der Waals surface area contributed by atoms with E-state index in [9.17, 15) is 9.59 Å². The summed E-state index contributed by atoms with van der Waals surface area (Å²) in [6.45, 7) is 2.51. The van der Waals surface area contributed by atoms with Gasteiger partial charge in [0.15, 0.2) is 0 Å². The zero-order valence-corrected chi connectivity index (χ0v) is 18.4. The highest BCUT2D eigenvalue weighted by Gasteiger charge is 2.33. The van der Waals surface area contributed by atoms with Crippen LogP contribution in [0.5, 0.6) is 0 Å². The smallest absolute Gasteiger partial charge is 0.257 e. The van der Waals surface area contributed by atoms with E-state index in [4.69, 9.17) is 0 Å². The molecule has 3 aromatic rings. The predicted octanol–water partition coefficient (Wildman–Crippen LogP) is 2.69. The Balaban J connectivity index is 1.55. The number of pyridine rings is 1. The van der Waals surface area contributed by atoms with Crippen LogP contribution < -0.4 is 5.32 Å². The molecule has 1 N–H and O–H groups in total. The van der Waals surface area contributed by atoms with E-state index in [2.05, 4.69) is 32.6 Å². The summed E-state index contributed by atoms with van der Waals surface area (Å²) in [6.07, 6.45) is 2.98. The van der Waals surface area contributed by atoms with Crippen molar-refractivity contribution >= 4 is 23.1 Å². The predicted molar refractivity (Wildman–Crippen MR) is 118 cm³/mol. The molecule has 9 heteroatoms. The lowest BCUT2D eigenvalue weighted by molar-refractivity contribution is -0.119. The second kappa shape index (κ2) is 7.81. The highest BCUT2D eigenvalue weighted by atomic mass is 16.2. The lowest BCUT2D eigenvalue weighted by atomic mass is 10.0. The minimum atomic E-state index is -0.0696. The molecule has 0 unspecified atom stereocenters. The average Bonchev–Trinajstić information content (AvgIpc) is 3.47. The normalized spacial score (nSPS) is 15.2. The minimum absolute atomic E-state index is 0.0696. The number of benzene rings is 1. The molecule has 0 bridgehead atoms. The van der Waals surface area contributed by atoms with Crippen LogP contribution in [0.25, 0.3) is 11.4 Å². The molecule has 1 fully saturated rings. The van der Waals surface area contributed by atoms with Crippen molar-refractivity contribution in [2.24, 2.45) is 13.0 Å². The number of carbonyl (C=O) groups excluding carboxylic acids is 2. The number of anilines is 2. The Hall–Kier alpha value is -3.62. The average molecular weight is 432 g/mol. The Kier molecular flexibility index (Phi) is 4.96. The number of carbonyl (C=O) groups is 2. The number of rotatable bonds is 7. The monoisotopic (exact) mass is 431 g/mol. The lowest BCUT2D eigenvalue weighted by Gasteiger charge is -2.16. The molecule has 9 nitrogen and oxygen atoms in total. The summed E-state index contributed by atoms with van der Waals surface area (Å²) in [5.41, 5.74) is 5.46. The number of hydrogen-bond acceptors (Lipinski definition) is 7. The van der Waals surface area contributed by atoms with Crippen LogP contribution in [0.2, 0.25) is 0 Å². The summed E-state index contributed by atoms with van der Waals surface area (Å²) in [5.74, 6) is 0.888. The fraction of sp³-hybridized carbons (Fsp3) is 0.391. The van der Waals surface area contributed by atoms with Crippen LogP contribution in [-0.2, 0) is 31.2 Å². The van der Waals surface area contributed by atoms with Crippen LogP contribution in [0.15, 0.2) is 24.3 Å². The van der Waals surface area contributed by atoms with Crippen molar-refractivity contribution in [3.05, 3.63) is 46.8 Å². The van der Waals surface area contributed by atoms with Gasteiger partial charge in [0.1, 0.15) is 5.78 Å². The maximum atomic E-state index is 12.9. The molecular weight excluding hydrogens is 406 g/mol. The number of ketones is 1. The molecule has 2 aromatic heterocycles. The maximum absolute atomic E-state index is 12.9. The molecule has 3 heterocycles. The summed E-state index contributed by atoms with van der Waals surface area (Å²) in [7, 11) is 3.50. The molecule has 0 spiro atoms. The molecule has 0 saturated heterocycles. The van der Waals surface area contributed by atoms with Gasteiger partial charge in [-0.3, -0.25) is 14.6 Å². The third-order valence-corrected chi connectivity index (χ3v) is 6.03. The van der Waals surface area contributed by atoms with Crippen LogP contribution in [0, 0.1) is 5.92 Å². The van der Waals surface area contributed by atoms with Crippen molar-refractivity contribution in [1.82, 2.24) is 30.1 Å². The highest BCUT2D eigenvalue weighted by Crippen LogP contribution is 2.35. The van der Waals surface area contributed by atoms with Gasteiger partial charge in [-0.05, 0) is 42.2 Å². The number of nitrogens with zero attached hydrogens (tertiary/aromatic N) is 6. The second-order valence-electron chi connectivity index (χ2n) is 8.47. The molecular formula is C23H25N7O2.